The number of hydrogen-bond acceptors (Lipinski definition) is 0. The van der Waals surface area contributed by atoms with Gasteiger partial charge in [0.1, 0.15) is 0 Å². The molecule has 0 saturated heterocycles. The lowest BCUT2D eigenvalue weighted by molar-refractivity contribution is 0.452. The zero-order valence-corrected chi connectivity index (χ0v) is 14.0. The van der Waals surface area contributed by atoms with Gasteiger partial charge in [-0.15, -0.1) is 0 Å². The van der Waals surface area contributed by atoms with Crippen LogP contribution >= 0.6 is 0 Å². The fourth-order valence-electron chi connectivity index (χ4n) is 2.88. The van der Waals surface area contributed by atoms with Crippen molar-refractivity contribution in [1.29, 1.82) is 0 Å². The van der Waals surface area contributed by atoms with E-state index < -0.39 is 0 Å². The summed E-state index contributed by atoms with van der Waals surface area (Å²) in [6.07, 6.45) is 12.1. The Kier molecular flexibility index (Phi) is 7.05. The van der Waals surface area contributed by atoms with Gasteiger partial charge in [0.2, 0.25) is 0 Å². The van der Waals surface area contributed by atoms with E-state index in [1.165, 1.54) is 48.0 Å². The molecule has 112 valence electrons. The fourth-order valence-corrected chi connectivity index (χ4v) is 2.88. The molecule has 0 fully saturated rings. The summed E-state index contributed by atoms with van der Waals surface area (Å²) in [4.78, 5) is 0. The van der Waals surface area contributed by atoms with Crippen molar-refractivity contribution < 1.29 is 0 Å². The monoisotopic (exact) mass is 272 g/mol. The van der Waals surface area contributed by atoms with Crippen molar-refractivity contribution in [2.24, 2.45) is 11.8 Å². The average molecular weight is 272 g/mol. The highest BCUT2D eigenvalue weighted by Crippen LogP contribution is 2.30. The first-order chi connectivity index (χ1) is 9.40. The van der Waals surface area contributed by atoms with Crippen LogP contribution in [0.25, 0.3) is 0 Å². The minimum Gasteiger partial charge on any atom is -0.0998 e. The van der Waals surface area contributed by atoms with Crippen LogP contribution in [0.3, 0.4) is 0 Å². The third-order valence-corrected chi connectivity index (χ3v) is 4.61. The van der Waals surface area contributed by atoms with E-state index in [9.17, 15) is 0 Å². The Morgan fingerprint density at radius 2 is 1.30 bits per heavy atom. The number of rotatable bonds is 2. The molecule has 0 unspecified atom stereocenters. The molecule has 0 radical (unpaired) electrons. The van der Waals surface area contributed by atoms with Gasteiger partial charge < -0.3 is 0 Å². The third kappa shape index (κ3) is 5.94. The maximum Gasteiger partial charge on any atom is -0.0168 e. The second-order valence-corrected chi connectivity index (χ2v) is 6.75. The molecule has 0 heteroatoms. The quantitative estimate of drug-likeness (QED) is 0.496. The molecule has 0 heterocycles. The molecule has 0 amide bonds. The second kappa shape index (κ2) is 8.29. The third-order valence-electron chi connectivity index (χ3n) is 4.61. The van der Waals surface area contributed by atoms with Crippen LogP contribution in [-0.2, 0) is 0 Å². The van der Waals surface area contributed by atoms with Gasteiger partial charge in [-0.1, -0.05) is 47.6 Å². The number of hydrogen-bond donors (Lipinski definition) is 0. The van der Waals surface area contributed by atoms with Crippen molar-refractivity contribution in [2.45, 2.75) is 66.2 Å². The summed E-state index contributed by atoms with van der Waals surface area (Å²) in [5.41, 5.74) is 5.71. The zero-order chi connectivity index (χ0) is 15.1. The Morgan fingerprint density at radius 3 is 1.65 bits per heavy atom. The van der Waals surface area contributed by atoms with Crippen molar-refractivity contribution in [3.63, 3.8) is 0 Å². The summed E-state index contributed by atoms with van der Waals surface area (Å²) >= 11 is 0. The molecule has 1 aliphatic rings. The zero-order valence-electron chi connectivity index (χ0n) is 14.0. The molecule has 0 bridgehead atoms. The van der Waals surface area contributed by atoms with Crippen LogP contribution in [0.4, 0.5) is 0 Å². The Bertz CT molecular complexity index is 368. The van der Waals surface area contributed by atoms with Crippen molar-refractivity contribution in [3.05, 3.63) is 47.6 Å². The molecular formula is C20H32. The molecule has 0 spiro atoms. The van der Waals surface area contributed by atoms with E-state index in [1.807, 2.05) is 0 Å². The van der Waals surface area contributed by atoms with E-state index >= 15 is 0 Å². The predicted molar refractivity (Wildman–Crippen MR) is 91.8 cm³/mol. The Labute approximate surface area is 126 Å². The van der Waals surface area contributed by atoms with Gasteiger partial charge in [0, 0.05) is 0 Å². The summed E-state index contributed by atoms with van der Waals surface area (Å²) in [6, 6.07) is 0. The molecule has 0 aliphatic heterocycles. The fraction of sp³-hybridized carbons (Fsp3) is 0.600. The number of allylic oxidation sites excluding steroid dienone is 6. The lowest BCUT2D eigenvalue weighted by Crippen LogP contribution is -2.10. The highest BCUT2D eigenvalue weighted by molar-refractivity contribution is 5.11. The van der Waals surface area contributed by atoms with Crippen LogP contribution in [0.2, 0.25) is 0 Å². The minimum absolute atomic E-state index is 0.597. The van der Waals surface area contributed by atoms with E-state index in [2.05, 4.69) is 53.0 Å². The first-order valence-corrected chi connectivity index (χ1v) is 8.02. The molecule has 1 rings (SSSR count). The van der Waals surface area contributed by atoms with Crippen LogP contribution in [0.15, 0.2) is 47.6 Å². The minimum atomic E-state index is 0.597. The van der Waals surface area contributed by atoms with E-state index in [0.29, 0.717) is 11.8 Å². The first-order valence-electron chi connectivity index (χ1n) is 8.02. The summed E-state index contributed by atoms with van der Waals surface area (Å²) < 4.78 is 0. The van der Waals surface area contributed by atoms with Gasteiger partial charge in [0.05, 0.1) is 0 Å². The molecule has 0 N–H and O–H groups in total. The Balaban J connectivity index is 2.92. The second-order valence-electron chi connectivity index (χ2n) is 6.75. The van der Waals surface area contributed by atoms with Crippen LogP contribution in [-0.4, -0.2) is 0 Å². The van der Waals surface area contributed by atoms with Crippen molar-refractivity contribution >= 4 is 0 Å². The van der Waals surface area contributed by atoms with Gasteiger partial charge >= 0.3 is 0 Å². The van der Waals surface area contributed by atoms with Crippen LogP contribution in [0.5, 0.6) is 0 Å². The maximum atomic E-state index is 4.21. The average Bonchev–Trinajstić information content (AvgIpc) is 2.35. The molecule has 0 saturated carbocycles. The Hall–Kier alpha value is -1.04. The molecule has 1 aliphatic carbocycles. The first kappa shape index (κ1) is 17.0. The molecule has 2 atom stereocenters. The molecule has 20 heavy (non-hydrogen) atoms. The van der Waals surface area contributed by atoms with Gasteiger partial charge in [-0.3, -0.25) is 0 Å². The molecule has 0 aromatic heterocycles. The van der Waals surface area contributed by atoms with Gasteiger partial charge in [0.15, 0.2) is 0 Å². The largest absolute Gasteiger partial charge is 0.0998 e. The van der Waals surface area contributed by atoms with Gasteiger partial charge in [-0.2, -0.15) is 0 Å². The van der Waals surface area contributed by atoms with Crippen LogP contribution in [0.1, 0.15) is 66.2 Å². The van der Waals surface area contributed by atoms with Crippen LogP contribution in [0, 0.1) is 11.8 Å². The van der Waals surface area contributed by atoms with Crippen molar-refractivity contribution in [2.75, 3.05) is 0 Å². The van der Waals surface area contributed by atoms with E-state index in [0.717, 1.165) is 12.8 Å². The highest BCUT2D eigenvalue weighted by atomic mass is 14.2. The van der Waals surface area contributed by atoms with Gasteiger partial charge in [-0.25, -0.2) is 0 Å². The smallest absolute Gasteiger partial charge is 0.0168 e. The van der Waals surface area contributed by atoms with Crippen molar-refractivity contribution in [1.82, 2.24) is 0 Å². The summed E-state index contributed by atoms with van der Waals surface area (Å²) in [7, 11) is 0. The van der Waals surface area contributed by atoms with Gasteiger partial charge in [0.25, 0.3) is 0 Å². The maximum absolute atomic E-state index is 4.21. The van der Waals surface area contributed by atoms with E-state index in [-0.39, 0.29) is 0 Å². The molecular weight excluding hydrogens is 240 g/mol. The lowest BCUT2D eigenvalue weighted by atomic mass is 9.82. The molecule has 0 aromatic rings. The highest BCUT2D eigenvalue weighted by Gasteiger charge is 2.17. The Morgan fingerprint density at radius 1 is 0.900 bits per heavy atom. The summed E-state index contributed by atoms with van der Waals surface area (Å²) in [6.45, 7) is 17.3. The predicted octanol–water partition coefficient (Wildman–Crippen LogP) is 6.62. The van der Waals surface area contributed by atoms with Crippen molar-refractivity contribution in [3.8, 4) is 0 Å². The summed E-state index contributed by atoms with van der Waals surface area (Å²) in [5, 5.41) is 0. The standard InChI is InChI=1S/C20H32/c1-15(2)19-12-10-17(5)8-7-9-18(6)11-13-20(14-19)16(3)4/h10-11,19-20H,1,3,7-9,12-14H2,2,4-6H3/b17-10-,18-11+/t19-,20+/m1/s1. The molecule has 0 aromatic carbocycles. The van der Waals surface area contributed by atoms with E-state index in [1.54, 1.807) is 0 Å². The topological polar surface area (TPSA) is 0 Å². The van der Waals surface area contributed by atoms with Gasteiger partial charge in [-0.05, 0) is 78.1 Å². The summed E-state index contributed by atoms with van der Waals surface area (Å²) in [5.74, 6) is 1.19. The van der Waals surface area contributed by atoms with Crippen LogP contribution < -0.4 is 0 Å². The normalized spacial score (nSPS) is 31.0. The lowest BCUT2D eigenvalue weighted by Gasteiger charge is -2.24. The SMILES string of the molecule is C=C(C)[C@@H]1C/C=C(/C)CCC/C(C)=C/C[C@H](C(=C)C)C1. The molecule has 0 nitrogen and oxygen atoms in total. The van der Waals surface area contributed by atoms with E-state index in [4.69, 9.17) is 0 Å².